The van der Waals surface area contributed by atoms with Gasteiger partial charge in [-0.3, -0.25) is 0 Å². The highest BCUT2D eigenvalue weighted by molar-refractivity contribution is 5.66. The summed E-state index contributed by atoms with van der Waals surface area (Å²) in [6.45, 7) is 4.51. The molecule has 1 aromatic heterocycles. The van der Waals surface area contributed by atoms with Gasteiger partial charge in [-0.05, 0) is 23.8 Å². The van der Waals surface area contributed by atoms with Crippen molar-refractivity contribution < 1.29 is 0 Å². The van der Waals surface area contributed by atoms with Crippen LogP contribution in [0.15, 0.2) is 24.8 Å². The lowest BCUT2D eigenvalue weighted by Gasteiger charge is -2.33. The smallest absolute Gasteiger partial charge is 0.115 e. The predicted octanol–water partition coefficient (Wildman–Crippen LogP) is 2.01. The first-order chi connectivity index (χ1) is 7.07. The maximum atomic E-state index is 6.02. The standard InChI is InChI=1S/C12H17N3/c1-12(2)4-9(3-11(13)5-12)10-6-14-8-15-7-10/h3,6-8,11H,4-5,13H2,1-2H3. The Hall–Kier alpha value is -1.22. The molecule has 3 heteroatoms. The zero-order valence-electron chi connectivity index (χ0n) is 9.27. The van der Waals surface area contributed by atoms with Gasteiger partial charge in [-0.1, -0.05) is 19.9 Å². The van der Waals surface area contributed by atoms with Gasteiger partial charge in [0.15, 0.2) is 0 Å². The molecule has 0 spiro atoms. The number of nitrogens with two attached hydrogens (primary N) is 1. The second kappa shape index (κ2) is 3.74. The molecule has 1 unspecified atom stereocenters. The van der Waals surface area contributed by atoms with Crippen LogP contribution in [-0.2, 0) is 0 Å². The molecule has 0 saturated heterocycles. The number of rotatable bonds is 1. The van der Waals surface area contributed by atoms with Gasteiger partial charge in [0.1, 0.15) is 6.33 Å². The Morgan fingerprint density at radius 1 is 1.33 bits per heavy atom. The van der Waals surface area contributed by atoms with Crippen LogP contribution in [0.4, 0.5) is 0 Å². The Morgan fingerprint density at radius 2 is 2.00 bits per heavy atom. The summed E-state index contributed by atoms with van der Waals surface area (Å²) in [6, 6.07) is 0.156. The molecule has 1 aromatic rings. The summed E-state index contributed by atoms with van der Waals surface area (Å²) in [5.41, 5.74) is 8.67. The maximum Gasteiger partial charge on any atom is 0.115 e. The molecule has 1 heterocycles. The van der Waals surface area contributed by atoms with Crippen LogP contribution in [-0.4, -0.2) is 16.0 Å². The Kier molecular flexibility index (Phi) is 2.57. The summed E-state index contributed by atoms with van der Waals surface area (Å²) in [6.07, 6.45) is 9.50. The van der Waals surface area contributed by atoms with Crippen LogP contribution in [0.2, 0.25) is 0 Å². The van der Waals surface area contributed by atoms with E-state index in [9.17, 15) is 0 Å². The van der Waals surface area contributed by atoms with E-state index < -0.39 is 0 Å². The molecule has 0 saturated carbocycles. The summed E-state index contributed by atoms with van der Waals surface area (Å²) in [7, 11) is 0. The highest BCUT2D eigenvalue weighted by atomic mass is 14.8. The quantitative estimate of drug-likeness (QED) is 0.759. The Bertz CT molecular complexity index is 368. The van der Waals surface area contributed by atoms with Crippen molar-refractivity contribution >= 4 is 5.57 Å². The summed E-state index contributed by atoms with van der Waals surface area (Å²) in [5.74, 6) is 0. The van der Waals surface area contributed by atoms with Gasteiger partial charge in [0.2, 0.25) is 0 Å². The Labute approximate surface area is 90.4 Å². The summed E-state index contributed by atoms with van der Waals surface area (Å²) in [4.78, 5) is 8.08. The normalized spacial score (nSPS) is 24.7. The first-order valence-electron chi connectivity index (χ1n) is 5.28. The van der Waals surface area contributed by atoms with Crippen molar-refractivity contribution in [3.63, 3.8) is 0 Å². The lowest BCUT2D eigenvalue weighted by atomic mass is 9.74. The van der Waals surface area contributed by atoms with Crippen LogP contribution in [0, 0.1) is 5.41 Å². The van der Waals surface area contributed by atoms with Gasteiger partial charge in [0.05, 0.1) is 0 Å². The predicted molar refractivity (Wildman–Crippen MR) is 61.0 cm³/mol. The minimum Gasteiger partial charge on any atom is -0.324 e. The highest BCUT2D eigenvalue weighted by Crippen LogP contribution is 2.38. The molecule has 0 bridgehead atoms. The third-order valence-electron chi connectivity index (χ3n) is 2.80. The zero-order valence-corrected chi connectivity index (χ0v) is 9.27. The second-order valence-corrected chi connectivity index (χ2v) is 5.03. The molecule has 1 aliphatic carbocycles. The first-order valence-corrected chi connectivity index (χ1v) is 5.28. The molecule has 3 nitrogen and oxygen atoms in total. The number of aromatic nitrogens is 2. The second-order valence-electron chi connectivity index (χ2n) is 5.03. The average molecular weight is 203 g/mol. The molecule has 15 heavy (non-hydrogen) atoms. The minimum atomic E-state index is 0.156. The van der Waals surface area contributed by atoms with E-state index in [0.717, 1.165) is 18.4 Å². The topological polar surface area (TPSA) is 51.8 Å². The van der Waals surface area contributed by atoms with Crippen molar-refractivity contribution in [1.82, 2.24) is 9.97 Å². The molecule has 0 amide bonds. The van der Waals surface area contributed by atoms with Crippen molar-refractivity contribution in [2.24, 2.45) is 11.1 Å². The van der Waals surface area contributed by atoms with E-state index in [2.05, 4.69) is 29.9 Å². The Balaban J connectivity index is 2.30. The molecular formula is C12H17N3. The van der Waals surface area contributed by atoms with Gasteiger partial charge in [0, 0.05) is 24.0 Å². The molecule has 0 radical (unpaired) electrons. The van der Waals surface area contributed by atoms with E-state index in [4.69, 9.17) is 5.73 Å². The fourth-order valence-corrected chi connectivity index (χ4v) is 2.27. The first kappa shape index (κ1) is 10.3. The van der Waals surface area contributed by atoms with Crippen LogP contribution in [0.5, 0.6) is 0 Å². The van der Waals surface area contributed by atoms with Gasteiger partial charge in [-0.25, -0.2) is 9.97 Å². The molecule has 0 fully saturated rings. The largest absolute Gasteiger partial charge is 0.324 e. The fourth-order valence-electron chi connectivity index (χ4n) is 2.27. The van der Waals surface area contributed by atoms with Crippen molar-refractivity contribution in [2.45, 2.75) is 32.7 Å². The van der Waals surface area contributed by atoms with Gasteiger partial charge in [-0.2, -0.15) is 0 Å². The Morgan fingerprint density at radius 3 is 2.60 bits per heavy atom. The number of hydrogen-bond acceptors (Lipinski definition) is 3. The third kappa shape index (κ3) is 2.42. The van der Waals surface area contributed by atoms with Gasteiger partial charge < -0.3 is 5.73 Å². The summed E-state index contributed by atoms with van der Waals surface area (Å²) in [5, 5.41) is 0. The summed E-state index contributed by atoms with van der Waals surface area (Å²) < 4.78 is 0. The number of allylic oxidation sites excluding steroid dienone is 1. The van der Waals surface area contributed by atoms with Gasteiger partial charge in [-0.15, -0.1) is 0 Å². The van der Waals surface area contributed by atoms with Crippen LogP contribution >= 0.6 is 0 Å². The number of nitrogens with zero attached hydrogens (tertiary/aromatic N) is 2. The average Bonchev–Trinajstić information content (AvgIpc) is 2.16. The highest BCUT2D eigenvalue weighted by Gasteiger charge is 2.27. The fraction of sp³-hybridized carbons (Fsp3) is 0.500. The van der Waals surface area contributed by atoms with Crippen molar-refractivity contribution in [2.75, 3.05) is 0 Å². The molecule has 0 aliphatic heterocycles. The van der Waals surface area contributed by atoms with Gasteiger partial charge in [0.25, 0.3) is 0 Å². The van der Waals surface area contributed by atoms with E-state index in [0.29, 0.717) is 0 Å². The van der Waals surface area contributed by atoms with E-state index >= 15 is 0 Å². The third-order valence-corrected chi connectivity index (χ3v) is 2.80. The number of hydrogen-bond donors (Lipinski definition) is 1. The zero-order chi connectivity index (χ0) is 10.9. The SMILES string of the molecule is CC1(C)CC(c2cncnc2)=CC(N)C1. The monoisotopic (exact) mass is 203 g/mol. The summed E-state index contributed by atoms with van der Waals surface area (Å²) >= 11 is 0. The van der Waals surface area contributed by atoms with E-state index in [1.807, 2.05) is 12.4 Å². The van der Waals surface area contributed by atoms with E-state index in [1.54, 1.807) is 6.33 Å². The molecule has 1 aliphatic rings. The lowest BCUT2D eigenvalue weighted by Crippen LogP contribution is -2.30. The lowest BCUT2D eigenvalue weighted by molar-refractivity contribution is 0.318. The van der Waals surface area contributed by atoms with Crippen LogP contribution in [0.25, 0.3) is 5.57 Å². The van der Waals surface area contributed by atoms with Gasteiger partial charge >= 0.3 is 0 Å². The molecular weight excluding hydrogens is 186 g/mol. The van der Waals surface area contributed by atoms with Crippen molar-refractivity contribution in [3.8, 4) is 0 Å². The maximum absolute atomic E-state index is 6.02. The molecule has 2 N–H and O–H groups in total. The van der Waals surface area contributed by atoms with Crippen molar-refractivity contribution in [3.05, 3.63) is 30.4 Å². The van der Waals surface area contributed by atoms with E-state index in [1.165, 1.54) is 5.57 Å². The van der Waals surface area contributed by atoms with Crippen LogP contribution in [0.3, 0.4) is 0 Å². The molecule has 1 atom stereocenters. The van der Waals surface area contributed by atoms with Crippen LogP contribution in [0.1, 0.15) is 32.3 Å². The minimum absolute atomic E-state index is 0.156. The van der Waals surface area contributed by atoms with E-state index in [-0.39, 0.29) is 11.5 Å². The molecule has 0 aromatic carbocycles. The van der Waals surface area contributed by atoms with Crippen LogP contribution < -0.4 is 5.73 Å². The van der Waals surface area contributed by atoms with Crippen molar-refractivity contribution in [1.29, 1.82) is 0 Å². The molecule has 2 rings (SSSR count). The molecule has 80 valence electrons.